The molecule has 0 bridgehead atoms. The number of quaternary nitrogens is 1. The van der Waals surface area contributed by atoms with Gasteiger partial charge >= 0.3 is 0 Å². The largest absolute Gasteiger partial charge is 0.497 e. The lowest BCUT2D eigenvalue weighted by molar-refractivity contribution is -0.630. The molecule has 3 aromatic rings. The van der Waals surface area contributed by atoms with Gasteiger partial charge in [0.05, 0.1) is 19.3 Å². The average molecular weight is 408 g/mol. The molecular weight excluding hydrogens is 380 g/mol. The highest BCUT2D eigenvalue weighted by atomic mass is 16.5. The molecule has 4 N–H and O–H groups in total. The minimum atomic E-state index is 0.435. The van der Waals surface area contributed by atoms with E-state index in [2.05, 4.69) is 37.5 Å². The van der Waals surface area contributed by atoms with Crippen LogP contribution in [0.4, 0.5) is 5.95 Å². The highest BCUT2D eigenvalue weighted by molar-refractivity contribution is 5.80. The van der Waals surface area contributed by atoms with Crippen LogP contribution >= 0.6 is 0 Å². The van der Waals surface area contributed by atoms with Crippen molar-refractivity contribution in [3.8, 4) is 11.4 Å². The van der Waals surface area contributed by atoms with Gasteiger partial charge in [-0.25, -0.2) is 9.97 Å². The molecule has 1 aromatic carbocycles. The Morgan fingerprint density at radius 3 is 2.70 bits per heavy atom. The Kier molecular flexibility index (Phi) is 6.01. The van der Waals surface area contributed by atoms with Gasteiger partial charge in [0.1, 0.15) is 29.5 Å². The molecule has 3 heterocycles. The van der Waals surface area contributed by atoms with Crippen LogP contribution in [0.5, 0.6) is 5.75 Å². The van der Waals surface area contributed by atoms with Crippen molar-refractivity contribution in [1.29, 1.82) is 5.41 Å². The van der Waals surface area contributed by atoms with Crippen molar-refractivity contribution >= 4 is 23.3 Å². The molecule has 0 spiro atoms. The van der Waals surface area contributed by atoms with Crippen molar-refractivity contribution in [1.82, 2.24) is 24.4 Å². The van der Waals surface area contributed by atoms with E-state index >= 15 is 0 Å². The van der Waals surface area contributed by atoms with E-state index in [0.717, 1.165) is 37.4 Å². The summed E-state index contributed by atoms with van der Waals surface area (Å²) in [5, 5.41) is 13.1. The molecule has 9 heteroatoms. The summed E-state index contributed by atoms with van der Waals surface area (Å²) in [5.41, 5.74) is 2.99. The van der Waals surface area contributed by atoms with Crippen molar-refractivity contribution in [2.45, 2.75) is 18.9 Å². The maximum atomic E-state index is 7.74. The van der Waals surface area contributed by atoms with Gasteiger partial charge in [0.2, 0.25) is 5.95 Å². The predicted octanol–water partition coefficient (Wildman–Crippen LogP) is 1.38. The second-order valence-corrected chi connectivity index (χ2v) is 7.44. The average Bonchev–Trinajstić information content (AvgIpc) is 3.21. The number of nitrogens with zero attached hydrogens (tertiary/aromatic N) is 5. The van der Waals surface area contributed by atoms with E-state index in [4.69, 9.17) is 10.1 Å². The molecule has 9 nitrogen and oxygen atoms in total. The number of benzene rings is 1. The topological polar surface area (TPSA) is 109 Å². The normalized spacial score (nSPS) is 16.0. The fraction of sp³-hybridized carbons (Fsp3) is 0.333. The molecule has 1 fully saturated rings. The van der Waals surface area contributed by atoms with Crippen molar-refractivity contribution in [2.75, 3.05) is 32.6 Å². The quantitative estimate of drug-likeness (QED) is 0.511. The van der Waals surface area contributed by atoms with Crippen molar-refractivity contribution in [3.05, 3.63) is 48.7 Å². The number of ether oxygens (including phenoxy) is 1. The van der Waals surface area contributed by atoms with E-state index in [1.165, 1.54) is 6.21 Å². The van der Waals surface area contributed by atoms with Crippen LogP contribution in [0, 0.1) is 5.41 Å². The fourth-order valence-electron chi connectivity index (χ4n) is 3.52. The van der Waals surface area contributed by atoms with Crippen molar-refractivity contribution in [2.24, 2.45) is 0 Å². The van der Waals surface area contributed by atoms with Gasteiger partial charge < -0.3 is 25.7 Å². The smallest absolute Gasteiger partial charge is 0.229 e. The summed E-state index contributed by atoms with van der Waals surface area (Å²) in [6.45, 7) is 2.22. The number of imidazole rings is 1. The summed E-state index contributed by atoms with van der Waals surface area (Å²) in [4.78, 5) is 15.7. The highest BCUT2D eigenvalue weighted by Gasteiger charge is 2.18. The van der Waals surface area contributed by atoms with Crippen LogP contribution in [-0.4, -0.2) is 63.9 Å². The number of rotatable bonds is 7. The zero-order valence-electron chi connectivity index (χ0n) is 17.2. The third kappa shape index (κ3) is 4.47. The minimum Gasteiger partial charge on any atom is -0.497 e. The maximum Gasteiger partial charge on any atom is 0.229 e. The molecule has 2 aromatic heterocycles. The Hall–Kier alpha value is -3.30. The molecule has 0 radical (unpaired) electrons. The van der Waals surface area contributed by atoms with E-state index in [9.17, 15) is 0 Å². The number of hydrogen-bond donors (Lipinski definition) is 3. The molecule has 0 atom stereocenters. The summed E-state index contributed by atoms with van der Waals surface area (Å²) in [6.07, 6.45) is 8.94. The van der Waals surface area contributed by atoms with Crippen LogP contribution in [-0.2, 0) is 0 Å². The summed E-state index contributed by atoms with van der Waals surface area (Å²) in [7, 11) is 3.80. The molecule has 0 saturated carbocycles. The van der Waals surface area contributed by atoms with Gasteiger partial charge in [0.15, 0.2) is 5.65 Å². The lowest BCUT2D eigenvalue weighted by atomic mass is 10.1. The van der Waals surface area contributed by atoms with Gasteiger partial charge in [-0.2, -0.15) is 4.98 Å². The number of nitrogens with two attached hydrogens (primary N) is 1. The van der Waals surface area contributed by atoms with Gasteiger partial charge in [0, 0.05) is 37.8 Å². The Bertz CT molecular complexity index is 1030. The summed E-state index contributed by atoms with van der Waals surface area (Å²) < 4.78 is 7.13. The third-order valence-electron chi connectivity index (χ3n) is 5.36. The zero-order chi connectivity index (χ0) is 20.9. The summed E-state index contributed by atoms with van der Waals surface area (Å²) in [6, 6.07) is 8.24. The Morgan fingerprint density at radius 1 is 1.23 bits per heavy atom. The molecule has 0 amide bonds. The minimum absolute atomic E-state index is 0.435. The van der Waals surface area contributed by atoms with Gasteiger partial charge in [-0.15, -0.1) is 0 Å². The maximum absolute atomic E-state index is 7.74. The number of hydrogen-bond acceptors (Lipinski definition) is 7. The third-order valence-corrected chi connectivity index (χ3v) is 5.36. The number of fused-ring (bicyclic) bond motifs is 1. The first-order chi connectivity index (χ1) is 14.7. The summed E-state index contributed by atoms with van der Waals surface area (Å²) in [5.74, 6) is 1.23. The second kappa shape index (κ2) is 9.02. The van der Waals surface area contributed by atoms with Crippen LogP contribution in [0.1, 0.15) is 12.8 Å². The Balaban J connectivity index is 1.52. The predicted molar refractivity (Wildman–Crippen MR) is 116 cm³/mol. The van der Waals surface area contributed by atoms with E-state index in [1.54, 1.807) is 19.6 Å². The fourth-order valence-corrected chi connectivity index (χ4v) is 3.52. The van der Waals surface area contributed by atoms with Gasteiger partial charge in [-0.3, -0.25) is 4.57 Å². The number of allylic oxidation sites excluding steroid dienone is 1. The van der Waals surface area contributed by atoms with Gasteiger partial charge in [0.25, 0.3) is 0 Å². The van der Waals surface area contributed by atoms with E-state index in [1.807, 2.05) is 35.0 Å². The molecular formula is C21H27N8O+. The highest BCUT2D eigenvalue weighted by Crippen LogP contribution is 2.20. The summed E-state index contributed by atoms with van der Waals surface area (Å²) >= 11 is 0. The number of likely N-dealkylation sites (tertiary alicyclic amines) is 1. The van der Waals surface area contributed by atoms with Crippen LogP contribution < -0.4 is 15.4 Å². The number of nitrogens with one attached hydrogen (secondary N) is 2. The number of piperidine rings is 1. The SMILES string of the molecule is COc1ccc(-n2cnc3cnc(NC(C=N)=C[NH2+]C4CCN(C)CC4)nc32)cc1. The van der Waals surface area contributed by atoms with Crippen LogP contribution in [0.2, 0.25) is 0 Å². The first-order valence-electron chi connectivity index (χ1n) is 10.0. The lowest BCUT2D eigenvalue weighted by Crippen LogP contribution is -2.86. The van der Waals surface area contributed by atoms with E-state index in [-0.39, 0.29) is 0 Å². The molecule has 0 aliphatic carbocycles. The number of aromatic nitrogens is 4. The standard InChI is InChI=1S/C21H26N8O/c1-28-9-7-15(8-10-28)23-12-16(11-22)26-21-24-13-19-20(27-21)29(14-25-19)17-3-5-18(30-2)6-4-17/h3-6,11-15,22-23H,7-10H2,1-2H3,(H,24,26,27)/p+1. The Labute approximate surface area is 175 Å². The van der Waals surface area contributed by atoms with Gasteiger partial charge in [-0.05, 0) is 31.3 Å². The lowest BCUT2D eigenvalue weighted by Gasteiger charge is -2.26. The van der Waals surface area contributed by atoms with Crippen molar-refractivity contribution in [3.63, 3.8) is 0 Å². The molecule has 0 unspecified atom stereocenters. The molecule has 1 aliphatic heterocycles. The van der Waals surface area contributed by atoms with Gasteiger partial charge in [-0.1, -0.05) is 0 Å². The first-order valence-corrected chi connectivity index (χ1v) is 10.0. The molecule has 156 valence electrons. The van der Waals surface area contributed by atoms with Crippen LogP contribution in [0.15, 0.2) is 48.7 Å². The second-order valence-electron chi connectivity index (χ2n) is 7.44. The monoisotopic (exact) mass is 407 g/mol. The first kappa shape index (κ1) is 20.0. The Morgan fingerprint density at radius 2 is 2.00 bits per heavy atom. The molecule has 1 aliphatic rings. The number of methoxy groups -OCH3 is 1. The van der Waals surface area contributed by atoms with Crippen molar-refractivity contribution < 1.29 is 10.1 Å². The van der Waals surface area contributed by atoms with E-state index in [0.29, 0.717) is 28.9 Å². The molecule has 1 saturated heterocycles. The van der Waals surface area contributed by atoms with Crippen LogP contribution in [0.25, 0.3) is 16.9 Å². The molecule has 30 heavy (non-hydrogen) atoms. The molecule has 4 rings (SSSR count). The van der Waals surface area contributed by atoms with Crippen LogP contribution in [0.3, 0.4) is 0 Å². The zero-order valence-corrected chi connectivity index (χ0v) is 17.2. The number of anilines is 1. The van der Waals surface area contributed by atoms with E-state index < -0.39 is 0 Å².